The molecule has 29 heavy (non-hydrogen) atoms. The summed E-state index contributed by atoms with van der Waals surface area (Å²) in [6, 6.07) is 12.2. The van der Waals surface area contributed by atoms with E-state index in [0.717, 1.165) is 27.8 Å². The first-order chi connectivity index (χ1) is 14.0. The van der Waals surface area contributed by atoms with Crippen molar-refractivity contribution in [3.8, 4) is 11.5 Å². The first-order valence-corrected chi connectivity index (χ1v) is 10.8. The fourth-order valence-corrected chi connectivity index (χ4v) is 3.77. The molecule has 0 aliphatic rings. The average Bonchev–Trinajstić information content (AvgIpc) is 3.07. The molecular weight excluding hydrogens is 452 g/mol. The number of hydrogen-bond donors (Lipinski definition) is 2. The van der Waals surface area contributed by atoms with E-state index in [1.54, 1.807) is 4.68 Å². The molecule has 0 amide bonds. The van der Waals surface area contributed by atoms with Crippen LogP contribution in [-0.2, 0) is 19.6 Å². The fourth-order valence-electron chi connectivity index (χ4n) is 2.95. The predicted octanol–water partition coefficient (Wildman–Crippen LogP) is 5.30. The lowest BCUT2D eigenvalue weighted by Crippen LogP contribution is -2.17. The van der Waals surface area contributed by atoms with Gasteiger partial charge in [-0.25, -0.2) is 4.68 Å². The topological polar surface area (TPSA) is 64.1 Å². The maximum absolute atomic E-state index is 6.12. The number of aromatic amines is 1. The summed E-state index contributed by atoms with van der Waals surface area (Å²) >= 11 is 8.93. The molecule has 0 aliphatic carbocycles. The molecule has 8 heteroatoms. The van der Waals surface area contributed by atoms with Gasteiger partial charge in [0.1, 0.15) is 6.61 Å². The highest BCUT2D eigenvalue weighted by atomic mass is 79.9. The molecule has 154 valence electrons. The number of H-pyrrole nitrogens is 1. The number of ether oxygens (including phenoxy) is 2. The Kier molecular flexibility index (Phi) is 7.33. The Balaban J connectivity index is 1.79. The Morgan fingerprint density at radius 3 is 2.72 bits per heavy atom. The van der Waals surface area contributed by atoms with Gasteiger partial charge in [0, 0.05) is 6.42 Å². The third-order valence-corrected chi connectivity index (χ3v) is 5.36. The van der Waals surface area contributed by atoms with E-state index in [0.29, 0.717) is 36.0 Å². The third-order valence-electron chi connectivity index (χ3n) is 4.50. The zero-order valence-electron chi connectivity index (χ0n) is 16.8. The van der Waals surface area contributed by atoms with Crippen molar-refractivity contribution >= 4 is 28.1 Å². The van der Waals surface area contributed by atoms with Gasteiger partial charge in [-0.05, 0) is 70.8 Å². The second-order valence-electron chi connectivity index (χ2n) is 6.52. The van der Waals surface area contributed by atoms with Gasteiger partial charge in [-0.15, -0.1) is 0 Å². The molecule has 0 spiro atoms. The molecule has 0 unspecified atom stereocenters. The van der Waals surface area contributed by atoms with Gasteiger partial charge in [0.25, 0.3) is 0 Å². The lowest BCUT2D eigenvalue weighted by Gasteiger charge is -2.17. The largest absolute Gasteiger partial charge is 0.490 e. The molecule has 2 aromatic carbocycles. The Hall–Kier alpha value is -2.32. The van der Waals surface area contributed by atoms with Gasteiger partial charge in [0.2, 0.25) is 4.77 Å². The quantitative estimate of drug-likeness (QED) is 0.410. The van der Waals surface area contributed by atoms with Crippen LogP contribution in [0.3, 0.4) is 0 Å². The van der Waals surface area contributed by atoms with Crippen molar-refractivity contribution < 1.29 is 9.47 Å². The van der Waals surface area contributed by atoms with Crippen LogP contribution in [0, 0.1) is 11.7 Å². The summed E-state index contributed by atoms with van der Waals surface area (Å²) in [6.45, 7) is 7.68. The van der Waals surface area contributed by atoms with Crippen molar-refractivity contribution in [3.05, 3.63) is 68.2 Å². The molecule has 3 rings (SSSR count). The van der Waals surface area contributed by atoms with Crippen LogP contribution >= 0.6 is 28.1 Å². The zero-order chi connectivity index (χ0) is 20.8. The van der Waals surface area contributed by atoms with E-state index < -0.39 is 0 Å². The molecule has 0 atom stereocenters. The molecule has 1 aromatic heterocycles. The molecule has 0 saturated heterocycles. The molecule has 1 heterocycles. The van der Waals surface area contributed by atoms with E-state index in [1.165, 1.54) is 5.56 Å². The minimum absolute atomic E-state index is 0.479. The molecule has 2 N–H and O–H groups in total. The average molecular weight is 477 g/mol. The summed E-state index contributed by atoms with van der Waals surface area (Å²) in [7, 11) is 0. The molecule has 6 nitrogen and oxygen atoms in total. The van der Waals surface area contributed by atoms with Crippen molar-refractivity contribution in [2.45, 2.75) is 40.3 Å². The minimum atomic E-state index is 0.479. The Morgan fingerprint density at radius 1 is 1.21 bits per heavy atom. The van der Waals surface area contributed by atoms with Crippen molar-refractivity contribution in [1.82, 2.24) is 14.9 Å². The molecule has 3 aromatic rings. The SMILES string of the molecule is CCOc1cc(CNn2c(CC)n[nH]c2=S)cc(Br)c1OCc1ccccc1C. The van der Waals surface area contributed by atoms with Crippen molar-refractivity contribution in [3.63, 3.8) is 0 Å². The van der Waals surface area contributed by atoms with Crippen LogP contribution < -0.4 is 14.9 Å². The van der Waals surface area contributed by atoms with Gasteiger partial charge in [0.05, 0.1) is 17.6 Å². The first-order valence-electron chi connectivity index (χ1n) is 9.56. The number of rotatable bonds is 9. The van der Waals surface area contributed by atoms with E-state index in [2.05, 4.69) is 50.6 Å². The maximum Gasteiger partial charge on any atom is 0.214 e. The molecular formula is C21H25BrN4O2S. The van der Waals surface area contributed by atoms with Gasteiger partial charge in [-0.3, -0.25) is 5.10 Å². The Labute approximate surface area is 184 Å². The number of benzene rings is 2. The number of aryl methyl sites for hydroxylation is 2. The second-order valence-corrected chi connectivity index (χ2v) is 7.76. The van der Waals surface area contributed by atoms with E-state index in [4.69, 9.17) is 21.7 Å². The summed E-state index contributed by atoms with van der Waals surface area (Å²) in [5.74, 6) is 2.27. The van der Waals surface area contributed by atoms with E-state index in [9.17, 15) is 0 Å². The smallest absolute Gasteiger partial charge is 0.214 e. The number of aromatic nitrogens is 3. The van der Waals surface area contributed by atoms with Crippen LogP contribution in [0.15, 0.2) is 40.9 Å². The summed E-state index contributed by atoms with van der Waals surface area (Å²) in [6.07, 6.45) is 0.777. The summed E-state index contributed by atoms with van der Waals surface area (Å²) in [5, 5.41) is 7.03. The molecule has 0 radical (unpaired) electrons. The van der Waals surface area contributed by atoms with Gasteiger partial charge >= 0.3 is 0 Å². The number of nitrogens with zero attached hydrogens (tertiary/aromatic N) is 2. The molecule has 0 fully saturated rings. The molecule has 0 bridgehead atoms. The van der Waals surface area contributed by atoms with Crippen LogP contribution in [-0.4, -0.2) is 21.5 Å². The van der Waals surface area contributed by atoms with Crippen LogP contribution in [0.2, 0.25) is 0 Å². The number of hydrogen-bond acceptors (Lipinski definition) is 5. The lowest BCUT2D eigenvalue weighted by atomic mass is 10.1. The van der Waals surface area contributed by atoms with Crippen LogP contribution in [0.1, 0.15) is 36.4 Å². The zero-order valence-corrected chi connectivity index (χ0v) is 19.2. The van der Waals surface area contributed by atoms with E-state index in [1.807, 2.05) is 38.1 Å². The second kappa shape index (κ2) is 9.93. The predicted molar refractivity (Wildman–Crippen MR) is 121 cm³/mol. The van der Waals surface area contributed by atoms with Crippen LogP contribution in [0.25, 0.3) is 0 Å². The highest BCUT2D eigenvalue weighted by Gasteiger charge is 2.14. The van der Waals surface area contributed by atoms with Crippen molar-refractivity contribution in [2.75, 3.05) is 12.0 Å². The van der Waals surface area contributed by atoms with Gasteiger partial charge in [-0.1, -0.05) is 31.2 Å². The minimum Gasteiger partial charge on any atom is -0.490 e. The highest BCUT2D eigenvalue weighted by molar-refractivity contribution is 9.10. The van der Waals surface area contributed by atoms with Crippen molar-refractivity contribution in [2.24, 2.45) is 0 Å². The molecule has 0 aliphatic heterocycles. The van der Waals surface area contributed by atoms with Gasteiger partial charge in [-0.2, -0.15) is 5.10 Å². The van der Waals surface area contributed by atoms with E-state index >= 15 is 0 Å². The maximum atomic E-state index is 6.12. The highest BCUT2D eigenvalue weighted by Crippen LogP contribution is 2.37. The molecule has 0 saturated carbocycles. The Bertz CT molecular complexity index is 1030. The first kappa shape index (κ1) is 21.4. The van der Waals surface area contributed by atoms with Gasteiger partial charge in [0.15, 0.2) is 17.3 Å². The van der Waals surface area contributed by atoms with Crippen LogP contribution in [0.4, 0.5) is 0 Å². The summed E-state index contributed by atoms with van der Waals surface area (Å²) in [5.41, 5.74) is 6.69. The summed E-state index contributed by atoms with van der Waals surface area (Å²) in [4.78, 5) is 0. The van der Waals surface area contributed by atoms with Crippen molar-refractivity contribution in [1.29, 1.82) is 0 Å². The van der Waals surface area contributed by atoms with E-state index in [-0.39, 0.29) is 0 Å². The van der Waals surface area contributed by atoms with Gasteiger partial charge < -0.3 is 14.9 Å². The third kappa shape index (κ3) is 5.19. The standard InChI is InChI=1S/C21H25BrN4O2S/c1-4-19-24-25-21(29)26(19)23-12-15-10-17(22)20(18(11-15)27-5-2)28-13-16-9-7-6-8-14(16)3/h6-11,23H,4-5,12-13H2,1-3H3,(H,25,29). The number of nitrogens with one attached hydrogen (secondary N) is 2. The Morgan fingerprint density at radius 2 is 2.00 bits per heavy atom. The normalized spacial score (nSPS) is 10.8. The lowest BCUT2D eigenvalue weighted by molar-refractivity contribution is 0.267. The fraction of sp³-hybridized carbons (Fsp3) is 0.333. The monoisotopic (exact) mass is 476 g/mol. The van der Waals surface area contributed by atoms with Crippen LogP contribution in [0.5, 0.6) is 11.5 Å². The number of halogens is 1. The summed E-state index contributed by atoms with van der Waals surface area (Å²) < 4.78 is 15.2.